The van der Waals surface area contributed by atoms with E-state index in [2.05, 4.69) is 10.3 Å². The number of carbonyl (C=O) groups is 1. The maximum atomic E-state index is 12.8. The van der Waals surface area contributed by atoms with Gasteiger partial charge in [-0.05, 0) is 31.2 Å². The lowest BCUT2D eigenvalue weighted by Gasteiger charge is -2.31. The van der Waals surface area contributed by atoms with Gasteiger partial charge in [-0.25, -0.2) is 4.79 Å². The lowest BCUT2D eigenvalue weighted by Crippen LogP contribution is -2.45. The third-order valence-electron chi connectivity index (χ3n) is 4.58. The van der Waals surface area contributed by atoms with Crippen molar-refractivity contribution < 1.29 is 14.3 Å². The molecule has 1 aliphatic heterocycles. The number of anilines is 1. The van der Waals surface area contributed by atoms with E-state index < -0.39 is 0 Å². The second kappa shape index (κ2) is 7.53. The molecule has 2 heterocycles. The first-order valence-electron chi connectivity index (χ1n) is 9.01. The highest BCUT2D eigenvalue weighted by Gasteiger charge is 2.25. The van der Waals surface area contributed by atoms with Crippen molar-refractivity contribution in [1.82, 2.24) is 9.88 Å². The van der Waals surface area contributed by atoms with Crippen molar-refractivity contribution in [1.29, 1.82) is 0 Å². The molecule has 138 valence electrons. The molecule has 1 aliphatic rings. The van der Waals surface area contributed by atoms with Crippen molar-refractivity contribution in [3.05, 3.63) is 60.9 Å². The summed E-state index contributed by atoms with van der Waals surface area (Å²) in [6, 6.07) is 15.1. The molecule has 0 radical (unpaired) electrons. The van der Waals surface area contributed by atoms with Crippen LogP contribution in [0.15, 0.2) is 60.9 Å². The Kier molecular flexibility index (Phi) is 4.78. The number of pyridine rings is 1. The largest absolute Gasteiger partial charge is 0.486 e. The number of benzene rings is 2. The van der Waals surface area contributed by atoms with E-state index in [1.807, 2.05) is 55.5 Å². The van der Waals surface area contributed by atoms with E-state index in [-0.39, 0.29) is 12.1 Å². The first kappa shape index (κ1) is 17.1. The van der Waals surface area contributed by atoms with Gasteiger partial charge in [0.05, 0.1) is 12.2 Å². The fourth-order valence-corrected chi connectivity index (χ4v) is 3.18. The minimum absolute atomic E-state index is 0.163. The van der Waals surface area contributed by atoms with E-state index in [9.17, 15) is 4.79 Å². The Hall–Kier alpha value is -3.28. The van der Waals surface area contributed by atoms with Crippen molar-refractivity contribution in [2.75, 3.05) is 25.0 Å². The topological polar surface area (TPSA) is 63.7 Å². The number of aromatic nitrogens is 1. The molecule has 1 atom stereocenters. The molecule has 27 heavy (non-hydrogen) atoms. The first-order chi connectivity index (χ1) is 13.2. The number of rotatable bonds is 4. The van der Waals surface area contributed by atoms with Gasteiger partial charge in [-0.2, -0.15) is 0 Å². The van der Waals surface area contributed by atoms with Crippen LogP contribution < -0.4 is 14.8 Å². The zero-order valence-electron chi connectivity index (χ0n) is 15.1. The van der Waals surface area contributed by atoms with Gasteiger partial charge in [0, 0.05) is 29.7 Å². The summed E-state index contributed by atoms with van der Waals surface area (Å²) in [5.74, 6) is 1.46. The molecule has 0 saturated carbocycles. The predicted octanol–water partition coefficient (Wildman–Crippen LogP) is 3.93. The molecule has 0 saturated heterocycles. The Morgan fingerprint density at radius 1 is 1.19 bits per heavy atom. The van der Waals surface area contributed by atoms with Crippen molar-refractivity contribution in [3.8, 4) is 11.5 Å². The lowest BCUT2D eigenvalue weighted by molar-refractivity contribution is 0.0693. The zero-order chi connectivity index (χ0) is 18.6. The number of likely N-dealkylation sites (N-methyl/N-ethyl adjacent to an activating group) is 1. The summed E-state index contributed by atoms with van der Waals surface area (Å²) in [5.41, 5.74) is 0.768. The maximum absolute atomic E-state index is 12.8. The first-order valence-corrected chi connectivity index (χ1v) is 9.01. The number of amides is 2. The number of nitrogens with one attached hydrogen (secondary N) is 1. The van der Waals surface area contributed by atoms with Crippen molar-refractivity contribution in [2.24, 2.45) is 0 Å². The lowest BCUT2D eigenvalue weighted by atomic mass is 10.1. The highest BCUT2D eigenvalue weighted by molar-refractivity contribution is 6.01. The van der Waals surface area contributed by atoms with Crippen LogP contribution in [0.25, 0.3) is 10.8 Å². The maximum Gasteiger partial charge on any atom is 0.321 e. The third-order valence-corrected chi connectivity index (χ3v) is 4.58. The molecular weight excluding hydrogens is 342 g/mol. The molecule has 2 amide bonds. The molecule has 6 nitrogen and oxygen atoms in total. The SMILES string of the molecule is CCN(C[C@H]1COc2ccccc2O1)C(=O)Nc1cccc2cnccc12. The van der Waals surface area contributed by atoms with E-state index >= 15 is 0 Å². The van der Waals surface area contributed by atoms with E-state index in [4.69, 9.17) is 9.47 Å². The predicted molar refractivity (Wildman–Crippen MR) is 104 cm³/mol. The number of hydrogen-bond acceptors (Lipinski definition) is 4. The molecule has 1 aromatic heterocycles. The Morgan fingerprint density at radius 3 is 2.89 bits per heavy atom. The molecule has 2 aromatic carbocycles. The normalized spacial score (nSPS) is 15.4. The number of carbonyl (C=O) groups excluding carboxylic acids is 1. The van der Waals surface area contributed by atoms with Crippen LogP contribution in [-0.2, 0) is 0 Å². The number of nitrogens with zero attached hydrogens (tertiary/aromatic N) is 2. The fraction of sp³-hybridized carbons (Fsp3) is 0.238. The quantitative estimate of drug-likeness (QED) is 0.763. The summed E-state index contributed by atoms with van der Waals surface area (Å²) in [7, 11) is 0. The monoisotopic (exact) mass is 363 g/mol. The molecule has 6 heteroatoms. The van der Waals surface area contributed by atoms with Gasteiger partial charge >= 0.3 is 6.03 Å². The fourth-order valence-electron chi connectivity index (χ4n) is 3.18. The third kappa shape index (κ3) is 3.65. The van der Waals surface area contributed by atoms with Gasteiger partial charge < -0.3 is 19.7 Å². The van der Waals surface area contributed by atoms with Gasteiger partial charge in [0.1, 0.15) is 6.61 Å². The van der Waals surface area contributed by atoms with E-state index in [0.29, 0.717) is 25.4 Å². The molecule has 0 spiro atoms. The van der Waals surface area contributed by atoms with Crippen LogP contribution in [0, 0.1) is 0 Å². The minimum Gasteiger partial charge on any atom is -0.486 e. The molecule has 0 unspecified atom stereocenters. The highest BCUT2D eigenvalue weighted by atomic mass is 16.6. The summed E-state index contributed by atoms with van der Waals surface area (Å²) < 4.78 is 11.7. The Labute approximate surface area is 157 Å². The van der Waals surface area contributed by atoms with Gasteiger partial charge in [-0.1, -0.05) is 24.3 Å². The number of urea groups is 1. The van der Waals surface area contributed by atoms with Crippen molar-refractivity contribution in [3.63, 3.8) is 0 Å². The molecule has 0 fully saturated rings. The van der Waals surface area contributed by atoms with Crippen molar-refractivity contribution >= 4 is 22.5 Å². The van der Waals surface area contributed by atoms with Gasteiger partial charge in [0.2, 0.25) is 0 Å². The number of hydrogen-bond donors (Lipinski definition) is 1. The van der Waals surface area contributed by atoms with Gasteiger partial charge in [0.25, 0.3) is 0 Å². The van der Waals surface area contributed by atoms with E-state index in [1.54, 1.807) is 17.3 Å². The van der Waals surface area contributed by atoms with Crippen molar-refractivity contribution in [2.45, 2.75) is 13.0 Å². The molecule has 3 aromatic rings. The molecular formula is C21H21N3O3. The van der Waals surface area contributed by atoms with Gasteiger partial charge in [-0.15, -0.1) is 0 Å². The average molecular weight is 363 g/mol. The van der Waals surface area contributed by atoms with Gasteiger partial charge in [-0.3, -0.25) is 4.98 Å². The highest BCUT2D eigenvalue weighted by Crippen LogP contribution is 2.31. The van der Waals surface area contributed by atoms with Crippen LogP contribution in [-0.4, -0.2) is 41.7 Å². The zero-order valence-corrected chi connectivity index (χ0v) is 15.1. The second-order valence-corrected chi connectivity index (χ2v) is 6.37. The molecule has 4 rings (SSSR count). The summed E-state index contributed by atoms with van der Waals surface area (Å²) >= 11 is 0. The Morgan fingerprint density at radius 2 is 2.04 bits per heavy atom. The number of fused-ring (bicyclic) bond motifs is 2. The van der Waals surface area contributed by atoms with Crippen LogP contribution in [0.4, 0.5) is 10.5 Å². The number of ether oxygens (including phenoxy) is 2. The Bertz CT molecular complexity index is 955. The summed E-state index contributed by atoms with van der Waals surface area (Å²) in [6.07, 6.45) is 3.30. The average Bonchev–Trinajstić information content (AvgIpc) is 2.72. The minimum atomic E-state index is -0.206. The van der Waals surface area contributed by atoms with Crippen LogP contribution >= 0.6 is 0 Å². The van der Waals surface area contributed by atoms with E-state index in [0.717, 1.165) is 22.2 Å². The van der Waals surface area contributed by atoms with Gasteiger partial charge in [0.15, 0.2) is 17.6 Å². The number of para-hydroxylation sites is 2. The van der Waals surface area contributed by atoms with Crippen LogP contribution in [0.1, 0.15) is 6.92 Å². The van der Waals surface area contributed by atoms with Crippen LogP contribution in [0.5, 0.6) is 11.5 Å². The molecule has 1 N–H and O–H groups in total. The summed E-state index contributed by atoms with van der Waals surface area (Å²) in [4.78, 5) is 18.7. The van der Waals surface area contributed by atoms with Crippen LogP contribution in [0.2, 0.25) is 0 Å². The standard InChI is InChI=1S/C21H21N3O3/c1-2-24(13-16-14-26-19-8-3-4-9-20(19)27-16)21(25)23-18-7-5-6-15-12-22-11-10-17(15)18/h3-12,16H,2,13-14H2,1H3,(H,23,25)/t16-/m0/s1. The molecule has 0 bridgehead atoms. The van der Waals surface area contributed by atoms with Crippen LogP contribution in [0.3, 0.4) is 0 Å². The molecule has 0 aliphatic carbocycles. The second-order valence-electron chi connectivity index (χ2n) is 6.37. The summed E-state index contributed by atoms with van der Waals surface area (Å²) in [5, 5.41) is 4.95. The Balaban J connectivity index is 1.46. The summed E-state index contributed by atoms with van der Waals surface area (Å²) in [6.45, 7) is 3.38. The smallest absolute Gasteiger partial charge is 0.321 e. The van der Waals surface area contributed by atoms with E-state index in [1.165, 1.54) is 0 Å².